The third kappa shape index (κ3) is 3.31. The van der Waals surface area contributed by atoms with Crippen LogP contribution in [-0.2, 0) is 0 Å². The molecule has 11 heteroatoms. The number of nitrogens with one attached hydrogen (secondary N) is 2. The Morgan fingerprint density at radius 2 is 2.12 bits per heavy atom. The SMILES string of the molecule is CNC(=O)c1nnc(-c2cccc(N3CC4CCCN4c4nc(NC)ncc4C3=O)c2)o1. The Kier molecular flexibility index (Phi) is 4.92. The molecule has 2 aromatic heterocycles. The van der Waals surface area contributed by atoms with Crippen molar-refractivity contribution < 1.29 is 14.0 Å². The van der Waals surface area contributed by atoms with Crippen molar-refractivity contribution in [2.45, 2.75) is 18.9 Å². The van der Waals surface area contributed by atoms with E-state index in [0.29, 0.717) is 35.1 Å². The van der Waals surface area contributed by atoms with E-state index in [2.05, 4.69) is 35.7 Å². The number of benzene rings is 1. The zero-order chi connectivity index (χ0) is 22.2. The van der Waals surface area contributed by atoms with Gasteiger partial charge in [0.25, 0.3) is 5.91 Å². The van der Waals surface area contributed by atoms with E-state index in [0.717, 1.165) is 19.4 Å². The number of hydrogen-bond acceptors (Lipinski definition) is 9. The van der Waals surface area contributed by atoms with Crippen LogP contribution in [0.25, 0.3) is 11.5 Å². The zero-order valence-corrected chi connectivity index (χ0v) is 17.7. The molecule has 11 nitrogen and oxygen atoms in total. The maximum atomic E-state index is 13.5. The molecule has 2 amide bonds. The molecule has 2 aliphatic heterocycles. The average Bonchev–Trinajstić information content (AvgIpc) is 3.49. The Hall–Kier alpha value is -4.02. The first-order valence-corrected chi connectivity index (χ1v) is 10.4. The molecule has 0 aliphatic carbocycles. The van der Waals surface area contributed by atoms with Gasteiger partial charge in [-0.15, -0.1) is 10.2 Å². The van der Waals surface area contributed by atoms with Gasteiger partial charge in [-0.25, -0.2) is 4.98 Å². The Bertz CT molecular complexity index is 1190. The largest absolute Gasteiger partial charge is 0.412 e. The number of fused-ring (bicyclic) bond motifs is 3. The first-order valence-electron chi connectivity index (χ1n) is 10.4. The second-order valence-corrected chi connectivity index (χ2v) is 7.63. The van der Waals surface area contributed by atoms with Gasteiger partial charge in [-0.1, -0.05) is 6.07 Å². The smallest absolute Gasteiger partial charge is 0.308 e. The quantitative estimate of drug-likeness (QED) is 0.628. The van der Waals surface area contributed by atoms with Crippen LogP contribution in [0.3, 0.4) is 0 Å². The highest BCUT2D eigenvalue weighted by Gasteiger charge is 2.37. The van der Waals surface area contributed by atoms with Crippen molar-refractivity contribution in [1.82, 2.24) is 25.5 Å². The van der Waals surface area contributed by atoms with Crippen LogP contribution in [0.2, 0.25) is 0 Å². The Balaban J connectivity index is 1.53. The number of carbonyl (C=O) groups excluding carboxylic acids is 2. The summed E-state index contributed by atoms with van der Waals surface area (Å²) in [6.45, 7) is 1.38. The monoisotopic (exact) mass is 434 g/mol. The second kappa shape index (κ2) is 7.91. The van der Waals surface area contributed by atoms with E-state index in [1.54, 1.807) is 24.2 Å². The summed E-state index contributed by atoms with van der Waals surface area (Å²) < 4.78 is 5.49. The minimum absolute atomic E-state index is 0.119. The van der Waals surface area contributed by atoms with Crippen molar-refractivity contribution in [2.75, 3.05) is 42.3 Å². The van der Waals surface area contributed by atoms with Gasteiger partial charge in [-0.05, 0) is 31.0 Å². The lowest BCUT2D eigenvalue weighted by Gasteiger charge is -2.27. The number of rotatable bonds is 4. The van der Waals surface area contributed by atoms with Crippen LogP contribution in [0.5, 0.6) is 0 Å². The van der Waals surface area contributed by atoms with E-state index in [1.165, 1.54) is 7.05 Å². The van der Waals surface area contributed by atoms with Gasteiger partial charge >= 0.3 is 11.8 Å². The third-order valence-corrected chi connectivity index (χ3v) is 5.76. The number of carbonyl (C=O) groups is 2. The van der Waals surface area contributed by atoms with Crippen LogP contribution in [-0.4, -0.2) is 65.2 Å². The lowest BCUT2D eigenvalue weighted by molar-refractivity contribution is 0.0928. The van der Waals surface area contributed by atoms with Gasteiger partial charge in [0.2, 0.25) is 11.8 Å². The topological polar surface area (TPSA) is 129 Å². The molecular formula is C21H22N8O3. The average molecular weight is 434 g/mol. The maximum Gasteiger partial charge on any atom is 0.308 e. The van der Waals surface area contributed by atoms with Crippen molar-refractivity contribution in [1.29, 1.82) is 0 Å². The van der Waals surface area contributed by atoms with E-state index in [9.17, 15) is 9.59 Å². The van der Waals surface area contributed by atoms with Gasteiger partial charge < -0.3 is 24.9 Å². The molecule has 0 saturated carbocycles. The molecule has 1 fully saturated rings. The second-order valence-electron chi connectivity index (χ2n) is 7.63. The normalized spacial score (nSPS) is 17.6. The predicted octanol–water partition coefficient (Wildman–Crippen LogP) is 1.56. The van der Waals surface area contributed by atoms with E-state index >= 15 is 0 Å². The fourth-order valence-corrected chi connectivity index (χ4v) is 4.17. The number of aromatic nitrogens is 4. The molecule has 2 aliphatic rings. The van der Waals surface area contributed by atoms with Crippen LogP contribution in [0.1, 0.15) is 33.9 Å². The summed E-state index contributed by atoms with van der Waals surface area (Å²) in [7, 11) is 3.25. The Morgan fingerprint density at radius 1 is 1.25 bits per heavy atom. The van der Waals surface area contributed by atoms with Gasteiger partial charge in [0.1, 0.15) is 11.4 Å². The number of anilines is 3. The van der Waals surface area contributed by atoms with Gasteiger partial charge in [0, 0.05) is 50.7 Å². The molecular weight excluding hydrogens is 412 g/mol. The first-order chi connectivity index (χ1) is 15.6. The summed E-state index contributed by atoms with van der Waals surface area (Å²) in [4.78, 5) is 38.1. The summed E-state index contributed by atoms with van der Waals surface area (Å²) in [6, 6.07) is 7.45. The van der Waals surface area contributed by atoms with Gasteiger partial charge in [0.15, 0.2) is 0 Å². The van der Waals surface area contributed by atoms with E-state index in [-0.39, 0.29) is 23.7 Å². The lowest BCUT2D eigenvalue weighted by Crippen LogP contribution is -2.39. The molecule has 4 heterocycles. The summed E-state index contributed by atoms with van der Waals surface area (Å²) in [5.74, 6) is 0.625. The molecule has 2 N–H and O–H groups in total. The standard InChI is InChI=1S/C21H22N8O3/c1-22-17(30)19-27-26-18(32-19)12-5-3-6-13(9-12)29-11-14-7-4-8-28(14)16-15(20(29)31)10-24-21(23-2)25-16/h3,5-6,9-10,14H,4,7-8,11H2,1-2H3,(H,22,30)(H,23,24,25). The van der Waals surface area contributed by atoms with E-state index < -0.39 is 5.91 Å². The minimum atomic E-state index is -0.457. The van der Waals surface area contributed by atoms with Crippen LogP contribution in [0.4, 0.5) is 17.5 Å². The van der Waals surface area contributed by atoms with Gasteiger partial charge in [-0.3, -0.25) is 9.59 Å². The first kappa shape index (κ1) is 19.9. The number of amides is 2. The zero-order valence-electron chi connectivity index (χ0n) is 17.7. The molecule has 1 unspecified atom stereocenters. The molecule has 0 bridgehead atoms. The molecule has 5 rings (SSSR count). The predicted molar refractivity (Wildman–Crippen MR) is 117 cm³/mol. The van der Waals surface area contributed by atoms with E-state index in [4.69, 9.17) is 4.42 Å². The fraction of sp³-hybridized carbons (Fsp3) is 0.333. The summed E-state index contributed by atoms with van der Waals surface area (Å²) >= 11 is 0. The summed E-state index contributed by atoms with van der Waals surface area (Å²) in [6.07, 6.45) is 3.60. The molecule has 1 atom stereocenters. The van der Waals surface area contributed by atoms with Gasteiger partial charge in [-0.2, -0.15) is 4.98 Å². The van der Waals surface area contributed by atoms with Crippen LogP contribution < -0.4 is 20.4 Å². The summed E-state index contributed by atoms with van der Waals surface area (Å²) in [5, 5.41) is 13.2. The molecule has 1 saturated heterocycles. The van der Waals surface area contributed by atoms with Crippen LogP contribution >= 0.6 is 0 Å². The molecule has 3 aromatic rings. The molecule has 32 heavy (non-hydrogen) atoms. The van der Waals surface area contributed by atoms with Crippen molar-refractivity contribution in [3.63, 3.8) is 0 Å². The number of nitrogens with zero attached hydrogens (tertiary/aromatic N) is 6. The van der Waals surface area contributed by atoms with Crippen molar-refractivity contribution in [3.8, 4) is 11.5 Å². The highest BCUT2D eigenvalue weighted by atomic mass is 16.4. The van der Waals surface area contributed by atoms with E-state index in [1.807, 2.05) is 18.2 Å². The van der Waals surface area contributed by atoms with Crippen molar-refractivity contribution in [3.05, 3.63) is 41.9 Å². The highest BCUT2D eigenvalue weighted by molar-refractivity contribution is 6.10. The van der Waals surface area contributed by atoms with Crippen LogP contribution in [0.15, 0.2) is 34.9 Å². The maximum absolute atomic E-state index is 13.5. The Labute approximate surface area is 183 Å². The van der Waals surface area contributed by atoms with Crippen molar-refractivity contribution in [2.24, 2.45) is 0 Å². The highest BCUT2D eigenvalue weighted by Crippen LogP contribution is 2.35. The molecule has 1 aromatic carbocycles. The molecule has 0 spiro atoms. The third-order valence-electron chi connectivity index (χ3n) is 5.76. The number of hydrogen-bond donors (Lipinski definition) is 2. The van der Waals surface area contributed by atoms with Gasteiger partial charge in [0.05, 0.1) is 0 Å². The fourth-order valence-electron chi connectivity index (χ4n) is 4.17. The minimum Gasteiger partial charge on any atom is -0.412 e. The lowest BCUT2D eigenvalue weighted by atomic mass is 10.1. The molecule has 164 valence electrons. The van der Waals surface area contributed by atoms with Crippen LogP contribution in [0, 0.1) is 0 Å². The van der Waals surface area contributed by atoms with Crippen molar-refractivity contribution >= 4 is 29.3 Å². The summed E-state index contributed by atoms with van der Waals surface area (Å²) in [5.41, 5.74) is 1.79. The Morgan fingerprint density at radius 3 is 2.94 bits per heavy atom. The molecule has 0 radical (unpaired) electrons.